The van der Waals surface area contributed by atoms with Gasteiger partial charge < -0.3 is 10.0 Å². The number of carboxylic acids is 1. The van der Waals surface area contributed by atoms with Gasteiger partial charge in [0.1, 0.15) is 12.0 Å². The quantitative estimate of drug-likeness (QED) is 0.697. The molecule has 158 valence electrons. The highest BCUT2D eigenvalue weighted by Crippen LogP contribution is 2.39. The van der Waals surface area contributed by atoms with E-state index >= 15 is 0 Å². The van der Waals surface area contributed by atoms with Crippen molar-refractivity contribution < 1.29 is 14.3 Å². The molecule has 29 heavy (non-hydrogen) atoms. The van der Waals surface area contributed by atoms with Crippen LogP contribution >= 0.6 is 11.8 Å². The van der Waals surface area contributed by atoms with Crippen LogP contribution in [-0.4, -0.2) is 45.9 Å². The fourth-order valence-corrected chi connectivity index (χ4v) is 5.08. The molecule has 1 aromatic rings. The molecule has 1 aromatic carbocycles. The molecular formula is C23H31FN2O2S. The van der Waals surface area contributed by atoms with E-state index in [1.54, 1.807) is 17.8 Å². The van der Waals surface area contributed by atoms with Crippen LogP contribution in [0.5, 0.6) is 0 Å². The molecule has 0 amide bonds. The van der Waals surface area contributed by atoms with Gasteiger partial charge in [-0.3, -0.25) is 4.90 Å². The van der Waals surface area contributed by atoms with Gasteiger partial charge in [0.15, 0.2) is 0 Å². The van der Waals surface area contributed by atoms with Crippen LogP contribution in [0, 0.1) is 11.2 Å². The number of hydrogen-bond acceptors (Lipinski definition) is 4. The van der Waals surface area contributed by atoms with Crippen LogP contribution in [0.1, 0.15) is 46.1 Å². The molecule has 0 aromatic heterocycles. The molecular weight excluding hydrogens is 387 g/mol. The lowest BCUT2D eigenvalue weighted by Crippen LogP contribution is -2.52. The standard InChI is InChI=1S/C23H31FN2O2S/c1-5-29-21-20(22(27)28)16(2)13-19(25-11-9-23(3,4)10-12-25)26(21)15-17-7-6-8-18(24)14-17/h6-8,13-14,19H,5,9-12,15H2,1-4H3,(H,27,28). The van der Waals surface area contributed by atoms with Crippen LogP contribution in [0.2, 0.25) is 0 Å². The first-order valence-corrected chi connectivity index (χ1v) is 11.2. The molecule has 6 heteroatoms. The number of piperidine rings is 1. The first kappa shape index (κ1) is 21.9. The second-order valence-corrected chi connectivity index (χ2v) is 9.89. The third kappa shape index (κ3) is 5.04. The molecule has 2 aliphatic heterocycles. The number of hydrogen-bond donors (Lipinski definition) is 1. The molecule has 1 atom stereocenters. The van der Waals surface area contributed by atoms with Crippen molar-refractivity contribution >= 4 is 17.7 Å². The van der Waals surface area contributed by atoms with Crippen molar-refractivity contribution in [3.8, 4) is 0 Å². The predicted octanol–water partition coefficient (Wildman–Crippen LogP) is 5.09. The van der Waals surface area contributed by atoms with Gasteiger partial charge in [-0.05, 0) is 60.3 Å². The Morgan fingerprint density at radius 1 is 1.31 bits per heavy atom. The minimum absolute atomic E-state index is 0.0217. The number of likely N-dealkylation sites (tertiary alicyclic amines) is 1. The summed E-state index contributed by atoms with van der Waals surface area (Å²) in [5.41, 5.74) is 2.35. The summed E-state index contributed by atoms with van der Waals surface area (Å²) in [6, 6.07) is 6.59. The monoisotopic (exact) mass is 418 g/mol. The van der Waals surface area contributed by atoms with Crippen molar-refractivity contribution in [3.05, 3.63) is 57.9 Å². The van der Waals surface area contributed by atoms with Crippen molar-refractivity contribution in [1.29, 1.82) is 0 Å². The summed E-state index contributed by atoms with van der Waals surface area (Å²) < 4.78 is 13.8. The molecule has 0 spiro atoms. The molecule has 4 nitrogen and oxygen atoms in total. The lowest BCUT2D eigenvalue weighted by molar-refractivity contribution is -0.132. The van der Waals surface area contributed by atoms with E-state index in [4.69, 9.17) is 0 Å². The van der Waals surface area contributed by atoms with Gasteiger partial charge in [0.25, 0.3) is 0 Å². The Bertz CT molecular complexity index is 824. The average Bonchev–Trinajstić information content (AvgIpc) is 2.64. The topological polar surface area (TPSA) is 43.8 Å². The number of benzene rings is 1. The molecule has 1 saturated heterocycles. The van der Waals surface area contributed by atoms with E-state index in [-0.39, 0.29) is 12.0 Å². The van der Waals surface area contributed by atoms with Gasteiger partial charge in [-0.1, -0.05) is 32.9 Å². The van der Waals surface area contributed by atoms with E-state index in [1.165, 1.54) is 12.1 Å². The number of carboxylic acid groups (broad SMARTS) is 1. The van der Waals surface area contributed by atoms with Crippen molar-refractivity contribution in [1.82, 2.24) is 9.80 Å². The average molecular weight is 419 g/mol. The highest BCUT2D eigenvalue weighted by atomic mass is 32.2. The van der Waals surface area contributed by atoms with Crippen LogP contribution in [0.3, 0.4) is 0 Å². The van der Waals surface area contributed by atoms with Crippen molar-refractivity contribution in [2.45, 2.75) is 53.2 Å². The number of thioether (sulfide) groups is 1. The summed E-state index contributed by atoms with van der Waals surface area (Å²) in [6.45, 7) is 10.9. The van der Waals surface area contributed by atoms with E-state index in [1.807, 2.05) is 19.9 Å². The maximum Gasteiger partial charge on any atom is 0.338 e. The van der Waals surface area contributed by atoms with E-state index in [0.29, 0.717) is 17.5 Å². The van der Waals surface area contributed by atoms with E-state index < -0.39 is 5.97 Å². The largest absolute Gasteiger partial charge is 0.478 e. The van der Waals surface area contributed by atoms with Gasteiger partial charge in [0.2, 0.25) is 0 Å². The van der Waals surface area contributed by atoms with Gasteiger partial charge >= 0.3 is 5.97 Å². The third-order valence-corrected chi connectivity index (χ3v) is 6.85. The van der Waals surface area contributed by atoms with E-state index in [2.05, 4.69) is 29.7 Å². The second-order valence-electron chi connectivity index (χ2n) is 8.64. The third-order valence-electron chi connectivity index (χ3n) is 5.85. The summed E-state index contributed by atoms with van der Waals surface area (Å²) in [7, 11) is 0. The van der Waals surface area contributed by atoms with E-state index in [9.17, 15) is 14.3 Å². The molecule has 1 fully saturated rings. The summed E-state index contributed by atoms with van der Waals surface area (Å²) in [5.74, 6) is -0.398. The second kappa shape index (κ2) is 8.92. The molecule has 1 N–H and O–H groups in total. The van der Waals surface area contributed by atoms with Gasteiger partial charge in [-0.15, -0.1) is 11.8 Å². The Labute approximate surface area is 177 Å². The smallest absolute Gasteiger partial charge is 0.338 e. The highest BCUT2D eigenvalue weighted by Gasteiger charge is 2.36. The van der Waals surface area contributed by atoms with Gasteiger partial charge in [0, 0.05) is 19.6 Å². The fourth-order valence-electron chi connectivity index (χ4n) is 4.08. The number of rotatable bonds is 6. The summed E-state index contributed by atoms with van der Waals surface area (Å²) in [4.78, 5) is 16.6. The first-order chi connectivity index (χ1) is 13.7. The molecule has 0 radical (unpaired) electrons. The van der Waals surface area contributed by atoms with E-state index in [0.717, 1.165) is 47.8 Å². The summed E-state index contributed by atoms with van der Waals surface area (Å²) >= 11 is 1.55. The number of halogens is 1. The molecule has 1 unspecified atom stereocenters. The first-order valence-electron chi connectivity index (χ1n) is 10.3. The van der Waals surface area contributed by atoms with Crippen molar-refractivity contribution in [3.63, 3.8) is 0 Å². The maximum atomic E-state index is 13.8. The SMILES string of the molecule is CCSC1=C(C(=O)O)C(C)=CC(N2CCC(C)(C)CC2)N1Cc1cccc(F)c1. The van der Waals surface area contributed by atoms with Crippen molar-refractivity contribution in [2.75, 3.05) is 18.8 Å². The fraction of sp³-hybridized carbons (Fsp3) is 0.522. The summed E-state index contributed by atoms with van der Waals surface area (Å²) in [5, 5.41) is 10.7. The molecule has 3 rings (SSSR count). The zero-order chi connectivity index (χ0) is 21.2. The van der Waals surface area contributed by atoms with Gasteiger partial charge in [-0.25, -0.2) is 9.18 Å². The Balaban J connectivity index is 2.00. The Hall–Kier alpha value is -1.79. The Morgan fingerprint density at radius 3 is 2.59 bits per heavy atom. The van der Waals surface area contributed by atoms with Crippen LogP contribution in [0.4, 0.5) is 4.39 Å². The normalized spacial score (nSPS) is 22.6. The zero-order valence-electron chi connectivity index (χ0n) is 17.7. The lowest BCUT2D eigenvalue weighted by Gasteiger charge is -2.47. The molecule has 0 saturated carbocycles. The minimum Gasteiger partial charge on any atom is -0.478 e. The van der Waals surface area contributed by atoms with Crippen LogP contribution < -0.4 is 0 Å². The number of aliphatic carboxylic acids is 1. The minimum atomic E-state index is -0.905. The predicted molar refractivity (Wildman–Crippen MR) is 117 cm³/mol. The number of carbonyl (C=O) groups is 1. The van der Waals surface area contributed by atoms with Crippen molar-refractivity contribution in [2.24, 2.45) is 5.41 Å². The van der Waals surface area contributed by atoms with Crippen LogP contribution in [-0.2, 0) is 11.3 Å². The maximum absolute atomic E-state index is 13.8. The summed E-state index contributed by atoms with van der Waals surface area (Å²) in [6.07, 6.45) is 4.26. The van der Waals surface area contributed by atoms with Crippen LogP contribution in [0.15, 0.2) is 46.5 Å². The Kier molecular flexibility index (Phi) is 6.74. The lowest BCUT2D eigenvalue weighted by atomic mass is 9.82. The molecule has 2 aliphatic rings. The number of nitrogens with zero attached hydrogens (tertiary/aromatic N) is 2. The van der Waals surface area contributed by atoms with Gasteiger partial charge in [-0.2, -0.15) is 0 Å². The molecule has 0 aliphatic carbocycles. The van der Waals surface area contributed by atoms with Crippen LogP contribution in [0.25, 0.3) is 0 Å². The molecule has 0 bridgehead atoms. The highest BCUT2D eigenvalue weighted by molar-refractivity contribution is 8.03. The molecule has 2 heterocycles. The Morgan fingerprint density at radius 2 is 2.00 bits per heavy atom. The van der Waals surface area contributed by atoms with Gasteiger partial charge in [0.05, 0.1) is 10.6 Å². The zero-order valence-corrected chi connectivity index (χ0v) is 18.6.